The monoisotopic (exact) mass is 347 g/mol. The molecule has 0 aliphatic rings. The summed E-state index contributed by atoms with van der Waals surface area (Å²) in [6.07, 6.45) is 6.64. The molecule has 0 saturated carbocycles. The molecular formula is C14H17N7O2S. The van der Waals surface area contributed by atoms with Gasteiger partial charge in [-0.2, -0.15) is 0 Å². The Morgan fingerprint density at radius 2 is 1.92 bits per heavy atom. The summed E-state index contributed by atoms with van der Waals surface area (Å²) in [5.41, 5.74) is 0. The third-order valence-electron chi connectivity index (χ3n) is 3.20. The Morgan fingerprint density at radius 3 is 2.54 bits per heavy atom. The molecule has 0 fully saturated rings. The van der Waals surface area contributed by atoms with Gasteiger partial charge in [-0.05, 0) is 24.3 Å². The van der Waals surface area contributed by atoms with Crippen LogP contribution in [-0.4, -0.2) is 45.8 Å². The first-order chi connectivity index (χ1) is 11.5. The molecule has 3 aromatic rings. The van der Waals surface area contributed by atoms with Crippen LogP contribution >= 0.6 is 0 Å². The van der Waals surface area contributed by atoms with E-state index in [4.69, 9.17) is 0 Å². The molecule has 0 aromatic carbocycles. The Kier molecular flexibility index (Phi) is 4.58. The Balaban J connectivity index is 1.50. The van der Waals surface area contributed by atoms with Crippen LogP contribution in [0.25, 0.3) is 5.82 Å². The normalized spacial score (nSPS) is 11.5. The summed E-state index contributed by atoms with van der Waals surface area (Å²) in [6.45, 7) is 0.587. The molecule has 126 valence electrons. The van der Waals surface area contributed by atoms with Crippen molar-refractivity contribution in [3.8, 4) is 5.82 Å². The molecule has 3 aromatic heterocycles. The average Bonchev–Trinajstić information content (AvgIpc) is 3.24. The lowest BCUT2D eigenvalue weighted by atomic mass is 10.5. The molecule has 0 spiro atoms. The van der Waals surface area contributed by atoms with Crippen molar-refractivity contribution in [3.05, 3.63) is 49.2 Å². The summed E-state index contributed by atoms with van der Waals surface area (Å²) < 4.78 is 29.9. The van der Waals surface area contributed by atoms with E-state index in [2.05, 4.69) is 25.2 Å². The summed E-state index contributed by atoms with van der Waals surface area (Å²) in [4.78, 5) is 3.83. The number of nitrogens with one attached hydrogen (secondary N) is 2. The molecule has 9 nitrogen and oxygen atoms in total. The van der Waals surface area contributed by atoms with Crippen molar-refractivity contribution >= 4 is 15.8 Å². The lowest BCUT2D eigenvalue weighted by Gasteiger charge is -2.07. The van der Waals surface area contributed by atoms with Gasteiger partial charge < -0.3 is 14.5 Å². The van der Waals surface area contributed by atoms with E-state index in [1.165, 1.54) is 12.5 Å². The Bertz CT molecular complexity index is 886. The van der Waals surface area contributed by atoms with Crippen LogP contribution in [0, 0.1) is 0 Å². The molecule has 0 aliphatic carbocycles. The van der Waals surface area contributed by atoms with Gasteiger partial charge in [0.2, 0.25) is 0 Å². The summed E-state index contributed by atoms with van der Waals surface area (Å²) in [7, 11) is -1.88. The number of imidazole rings is 1. The maximum Gasteiger partial charge on any atom is 0.259 e. The van der Waals surface area contributed by atoms with Crippen molar-refractivity contribution in [3.63, 3.8) is 0 Å². The van der Waals surface area contributed by atoms with Gasteiger partial charge in [0.15, 0.2) is 10.8 Å². The lowest BCUT2D eigenvalue weighted by molar-refractivity contribution is 0.579. The van der Waals surface area contributed by atoms with E-state index in [0.717, 1.165) is 0 Å². The van der Waals surface area contributed by atoms with Gasteiger partial charge in [-0.25, -0.2) is 18.1 Å². The number of anilines is 1. The highest BCUT2D eigenvalue weighted by molar-refractivity contribution is 7.89. The lowest BCUT2D eigenvalue weighted by Crippen LogP contribution is -2.29. The van der Waals surface area contributed by atoms with Gasteiger partial charge in [-0.15, -0.1) is 10.2 Å². The largest absolute Gasteiger partial charge is 0.367 e. The summed E-state index contributed by atoms with van der Waals surface area (Å²) in [5, 5.41) is 11.2. The number of aromatic nitrogens is 5. The van der Waals surface area contributed by atoms with Crippen molar-refractivity contribution in [2.24, 2.45) is 7.05 Å². The Hall–Kier alpha value is -2.72. The molecule has 0 atom stereocenters. The molecule has 0 radical (unpaired) electrons. The average molecular weight is 347 g/mol. The van der Waals surface area contributed by atoms with Crippen LogP contribution in [0.1, 0.15) is 0 Å². The van der Waals surface area contributed by atoms with Crippen LogP contribution in [-0.2, 0) is 17.1 Å². The standard InChI is InChI=1S/C14H17N7O2S/c1-20-10-14(16-11-20)24(22,23)17-7-6-15-12-4-5-13(19-18-12)21-8-2-3-9-21/h2-5,8-11,17H,6-7H2,1H3,(H,15,18). The highest BCUT2D eigenvalue weighted by Crippen LogP contribution is 2.07. The number of rotatable bonds is 7. The molecule has 0 aliphatic heterocycles. The fraction of sp³-hybridized carbons (Fsp3) is 0.214. The van der Waals surface area contributed by atoms with Gasteiger partial charge in [0.25, 0.3) is 10.0 Å². The zero-order valence-electron chi connectivity index (χ0n) is 13.0. The summed E-state index contributed by atoms with van der Waals surface area (Å²) in [6, 6.07) is 7.42. The van der Waals surface area contributed by atoms with E-state index in [1.807, 2.05) is 35.2 Å². The number of sulfonamides is 1. The molecule has 24 heavy (non-hydrogen) atoms. The maximum atomic E-state index is 12.0. The second-order valence-electron chi connectivity index (χ2n) is 5.07. The van der Waals surface area contributed by atoms with E-state index >= 15 is 0 Å². The van der Waals surface area contributed by atoms with Gasteiger partial charge in [-0.3, -0.25) is 0 Å². The van der Waals surface area contributed by atoms with Crippen LogP contribution in [0.5, 0.6) is 0 Å². The van der Waals surface area contributed by atoms with Crippen molar-refractivity contribution in [2.75, 3.05) is 18.4 Å². The Labute approximate surface area is 139 Å². The van der Waals surface area contributed by atoms with Gasteiger partial charge in [0, 0.05) is 38.7 Å². The SMILES string of the molecule is Cn1cnc(S(=O)(=O)NCCNc2ccc(-n3cccc3)nn2)c1. The first-order valence-corrected chi connectivity index (χ1v) is 8.71. The van der Waals surface area contributed by atoms with Gasteiger partial charge >= 0.3 is 0 Å². The van der Waals surface area contributed by atoms with Crippen LogP contribution in [0.15, 0.2) is 54.2 Å². The molecule has 3 rings (SSSR count). The molecule has 3 heterocycles. The zero-order chi connectivity index (χ0) is 17.0. The van der Waals surface area contributed by atoms with E-state index in [-0.39, 0.29) is 11.6 Å². The fourth-order valence-electron chi connectivity index (χ4n) is 2.02. The quantitative estimate of drug-likeness (QED) is 0.599. The van der Waals surface area contributed by atoms with E-state index in [9.17, 15) is 8.42 Å². The molecule has 0 amide bonds. The third kappa shape index (κ3) is 3.78. The first-order valence-electron chi connectivity index (χ1n) is 7.23. The van der Waals surface area contributed by atoms with Crippen molar-refractivity contribution in [1.29, 1.82) is 0 Å². The number of nitrogens with zero attached hydrogens (tertiary/aromatic N) is 5. The number of hydrogen-bond donors (Lipinski definition) is 2. The Morgan fingerprint density at radius 1 is 1.12 bits per heavy atom. The van der Waals surface area contributed by atoms with Crippen LogP contribution < -0.4 is 10.0 Å². The van der Waals surface area contributed by atoms with Gasteiger partial charge in [0.1, 0.15) is 5.82 Å². The van der Waals surface area contributed by atoms with E-state index in [0.29, 0.717) is 18.2 Å². The highest BCUT2D eigenvalue weighted by Gasteiger charge is 2.15. The topological polar surface area (TPSA) is 107 Å². The fourth-order valence-corrected chi connectivity index (χ4v) is 3.03. The number of hydrogen-bond acceptors (Lipinski definition) is 6. The van der Waals surface area contributed by atoms with Gasteiger partial charge in [0.05, 0.1) is 6.33 Å². The number of aryl methyl sites for hydroxylation is 1. The van der Waals surface area contributed by atoms with E-state index < -0.39 is 10.0 Å². The van der Waals surface area contributed by atoms with Crippen LogP contribution in [0.3, 0.4) is 0 Å². The molecule has 0 unspecified atom stereocenters. The molecule has 10 heteroatoms. The minimum Gasteiger partial charge on any atom is -0.367 e. The van der Waals surface area contributed by atoms with Crippen LogP contribution in [0.2, 0.25) is 0 Å². The zero-order valence-corrected chi connectivity index (χ0v) is 13.8. The van der Waals surface area contributed by atoms with Crippen molar-refractivity contribution in [1.82, 2.24) is 29.0 Å². The summed E-state index contributed by atoms with van der Waals surface area (Å²) >= 11 is 0. The molecule has 0 saturated heterocycles. The van der Waals surface area contributed by atoms with E-state index in [1.54, 1.807) is 17.7 Å². The smallest absolute Gasteiger partial charge is 0.259 e. The minimum atomic E-state index is -3.59. The second-order valence-corrected chi connectivity index (χ2v) is 6.78. The second kappa shape index (κ2) is 6.81. The predicted molar refractivity (Wildman–Crippen MR) is 88.2 cm³/mol. The first kappa shape index (κ1) is 16.1. The summed E-state index contributed by atoms with van der Waals surface area (Å²) in [5.74, 6) is 1.28. The van der Waals surface area contributed by atoms with Crippen LogP contribution in [0.4, 0.5) is 5.82 Å². The molecular weight excluding hydrogens is 330 g/mol. The van der Waals surface area contributed by atoms with Crippen molar-refractivity contribution < 1.29 is 8.42 Å². The minimum absolute atomic E-state index is 0.000803. The molecule has 0 bridgehead atoms. The maximum absolute atomic E-state index is 12.0. The third-order valence-corrected chi connectivity index (χ3v) is 4.54. The highest BCUT2D eigenvalue weighted by atomic mass is 32.2. The van der Waals surface area contributed by atoms with Gasteiger partial charge in [-0.1, -0.05) is 0 Å². The molecule has 2 N–H and O–H groups in total. The predicted octanol–water partition coefficient (Wildman–Crippen LogP) is 0.391. The van der Waals surface area contributed by atoms with Crippen molar-refractivity contribution in [2.45, 2.75) is 5.03 Å².